The standard InChI is InChI=1S/C23H27FN2O2S/c24-20-5-3-18(4-6-20)22(27)7-8-23(28)26-11-1-2-19-15-25(12-9-21(19)26)14-17-10-13-29-16-17/h3-6,10,13,16,19,21H,1-2,7-9,11-12,14-15H2/t19-,21-/m1/s1. The van der Waals surface area contributed by atoms with Gasteiger partial charge in [0.2, 0.25) is 5.91 Å². The molecule has 2 aliphatic heterocycles. The predicted molar refractivity (Wildman–Crippen MR) is 112 cm³/mol. The first-order valence-corrected chi connectivity index (χ1v) is 11.4. The number of Topliss-reactive ketones (excluding diaryl/α,β-unsaturated/α-hetero) is 1. The molecule has 154 valence electrons. The van der Waals surface area contributed by atoms with Crippen molar-refractivity contribution in [2.24, 2.45) is 5.92 Å². The van der Waals surface area contributed by atoms with Crippen LogP contribution in [0.25, 0.3) is 0 Å². The first-order chi connectivity index (χ1) is 14.1. The Bertz CT molecular complexity index is 837. The molecule has 0 N–H and O–H groups in total. The van der Waals surface area contributed by atoms with Crippen molar-refractivity contribution in [1.82, 2.24) is 9.80 Å². The fraction of sp³-hybridized carbons (Fsp3) is 0.478. The maximum Gasteiger partial charge on any atom is 0.223 e. The van der Waals surface area contributed by atoms with Gasteiger partial charge in [-0.3, -0.25) is 14.5 Å². The maximum absolute atomic E-state index is 13.0. The number of benzene rings is 1. The Kier molecular flexibility index (Phi) is 6.40. The Hall–Kier alpha value is -2.05. The normalized spacial score (nSPS) is 22.3. The summed E-state index contributed by atoms with van der Waals surface area (Å²) in [5.41, 5.74) is 1.84. The smallest absolute Gasteiger partial charge is 0.223 e. The number of rotatable bonds is 6. The fourth-order valence-corrected chi connectivity index (χ4v) is 5.38. The van der Waals surface area contributed by atoms with Gasteiger partial charge in [0.1, 0.15) is 5.82 Å². The zero-order chi connectivity index (χ0) is 20.2. The average molecular weight is 415 g/mol. The van der Waals surface area contributed by atoms with Crippen LogP contribution in [-0.4, -0.2) is 47.2 Å². The summed E-state index contributed by atoms with van der Waals surface area (Å²) < 4.78 is 13.0. The van der Waals surface area contributed by atoms with Crippen molar-refractivity contribution in [2.45, 2.75) is 44.7 Å². The Morgan fingerprint density at radius 3 is 2.66 bits per heavy atom. The van der Waals surface area contributed by atoms with E-state index in [4.69, 9.17) is 0 Å². The van der Waals surface area contributed by atoms with Gasteiger partial charge in [-0.25, -0.2) is 4.39 Å². The van der Waals surface area contributed by atoms with Crippen LogP contribution in [0.1, 0.15) is 48.0 Å². The minimum atomic E-state index is -0.359. The molecular formula is C23H27FN2O2S. The van der Waals surface area contributed by atoms with E-state index in [1.807, 2.05) is 4.90 Å². The van der Waals surface area contributed by atoms with Crippen LogP contribution in [0.4, 0.5) is 4.39 Å². The van der Waals surface area contributed by atoms with E-state index in [9.17, 15) is 14.0 Å². The first kappa shape index (κ1) is 20.2. The van der Waals surface area contributed by atoms with Crippen LogP contribution < -0.4 is 0 Å². The van der Waals surface area contributed by atoms with Crippen molar-refractivity contribution >= 4 is 23.0 Å². The third-order valence-electron chi connectivity index (χ3n) is 6.19. The molecule has 2 atom stereocenters. The summed E-state index contributed by atoms with van der Waals surface area (Å²) in [6.45, 7) is 3.84. The van der Waals surface area contributed by atoms with Gasteiger partial charge in [-0.05, 0) is 71.8 Å². The highest BCUT2D eigenvalue weighted by Gasteiger charge is 2.37. The van der Waals surface area contributed by atoms with Crippen LogP contribution in [0.5, 0.6) is 0 Å². The number of ketones is 1. The monoisotopic (exact) mass is 414 g/mol. The number of amides is 1. The van der Waals surface area contributed by atoms with Crippen molar-refractivity contribution < 1.29 is 14.0 Å². The number of nitrogens with zero attached hydrogens (tertiary/aromatic N) is 2. The molecule has 2 aliphatic rings. The number of piperidine rings is 2. The lowest BCUT2D eigenvalue weighted by Gasteiger charge is -2.47. The number of likely N-dealkylation sites (tertiary alicyclic amines) is 2. The van der Waals surface area contributed by atoms with E-state index in [1.165, 1.54) is 36.2 Å². The Balaban J connectivity index is 1.31. The number of halogens is 1. The molecule has 0 radical (unpaired) electrons. The zero-order valence-corrected chi connectivity index (χ0v) is 17.4. The van der Waals surface area contributed by atoms with E-state index in [1.54, 1.807) is 11.3 Å². The molecule has 2 aromatic rings. The van der Waals surface area contributed by atoms with Crippen LogP contribution >= 0.6 is 11.3 Å². The molecule has 2 saturated heterocycles. The van der Waals surface area contributed by atoms with Crippen LogP contribution in [-0.2, 0) is 11.3 Å². The third kappa shape index (κ3) is 4.93. The quantitative estimate of drug-likeness (QED) is 0.660. The lowest BCUT2D eigenvalue weighted by Crippen LogP contribution is -2.55. The van der Waals surface area contributed by atoms with Crippen LogP contribution in [0.2, 0.25) is 0 Å². The van der Waals surface area contributed by atoms with Gasteiger partial charge in [0.05, 0.1) is 0 Å². The molecule has 0 bridgehead atoms. The van der Waals surface area contributed by atoms with Gasteiger partial charge in [-0.15, -0.1) is 0 Å². The van der Waals surface area contributed by atoms with Gasteiger partial charge in [-0.1, -0.05) is 0 Å². The number of thiophene rings is 1. The SMILES string of the molecule is O=C(CCC(=O)N1CCC[C@@H]2CN(Cc3ccsc3)CC[C@H]21)c1ccc(F)cc1. The average Bonchev–Trinajstić information content (AvgIpc) is 3.24. The Morgan fingerprint density at radius 2 is 1.90 bits per heavy atom. The highest BCUT2D eigenvalue weighted by molar-refractivity contribution is 7.07. The van der Waals surface area contributed by atoms with Gasteiger partial charge < -0.3 is 4.90 Å². The molecule has 4 nitrogen and oxygen atoms in total. The number of fused-ring (bicyclic) bond motifs is 1. The summed E-state index contributed by atoms with van der Waals surface area (Å²) in [6, 6.07) is 8.04. The van der Waals surface area contributed by atoms with Gasteiger partial charge in [0, 0.05) is 50.6 Å². The molecule has 0 aliphatic carbocycles. The second-order valence-electron chi connectivity index (χ2n) is 8.14. The van der Waals surface area contributed by atoms with E-state index >= 15 is 0 Å². The van der Waals surface area contributed by atoms with Gasteiger partial charge in [0.15, 0.2) is 5.78 Å². The lowest BCUT2D eigenvalue weighted by atomic mass is 9.83. The summed E-state index contributed by atoms with van der Waals surface area (Å²) in [6.07, 6.45) is 3.63. The minimum Gasteiger partial charge on any atom is -0.339 e. The summed E-state index contributed by atoms with van der Waals surface area (Å²) in [7, 11) is 0. The number of hydrogen-bond donors (Lipinski definition) is 0. The number of hydrogen-bond acceptors (Lipinski definition) is 4. The minimum absolute atomic E-state index is 0.0847. The molecule has 1 aromatic carbocycles. The highest BCUT2D eigenvalue weighted by Crippen LogP contribution is 2.32. The van der Waals surface area contributed by atoms with Crippen molar-refractivity contribution in [1.29, 1.82) is 0 Å². The third-order valence-corrected chi connectivity index (χ3v) is 6.92. The van der Waals surface area contributed by atoms with Crippen molar-refractivity contribution in [3.63, 3.8) is 0 Å². The van der Waals surface area contributed by atoms with Crippen molar-refractivity contribution in [3.8, 4) is 0 Å². The molecule has 29 heavy (non-hydrogen) atoms. The summed E-state index contributed by atoms with van der Waals surface area (Å²) >= 11 is 1.74. The van der Waals surface area contributed by atoms with Gasteiger partial charge in [0.25, 0.3) is 0 Å². The maximum atomic E-state index is 13.0. The van der Waals surface area contributed by atoms with Gasteiger partial charge in [-0.2, -0.15) is 11.3 Å². The molecule has 6 heteroatoms. The summed E-state index contributed by atoms with van der Waals surface area (Å²) in [5, 5.41) is 4.33. The number of carbonyl (C=O) groups excluding carboxylic acids is 2. The molecule has 4 rings (SSSR count). The van der Waals surface area contributed by atoms with Crippen LogP contribution in [0.15, 0.2) is 41.1 Å². The van der Waals surface area contributed by atoms with E-state index < -0.39 is 0 Å². The molecule has 0 spiro atoms. The van der Waals surface area contributed by atoms with Crippen LogP contribution in [0.3, 0.4) is 0 Å². The molecule has 2 fully saturated rings. The van der Waals surface area contributed by atoms with E-state index in [2.05, 4.69) is 21.7 Å². The zero-order valence-electron chi connectivity index (χ0n) is 16.6. The molecule has 1 aromatic heterocycles. The van der Waals surface area contributed by atoms with Crippen molar-refractivity contribution in [3.05, 3.63) is 58.0 Å². The summed E-state index contributed by atoms with van der Waals surface area (Å²) in [5.74, 6) is 0.147. The molecule has 1 amide bonds. The Labute approximate surface area is 175 Å². The van der Waals surface area contributed by atoms with Crippen LogP contribution in [0, 0.1) is 11.7 Å². The van der Waals surface area contributed by atoms with E-state index in [0.29, 0.717) is 17.5 Å². The molecule has 3 heterocycles. The molecule has 0 saturated carbocycles. The summed E-state index contributed by atoms with van der Waals surface area (Å²) in [4.78, 5) is 29.7. The van der Waals surface area contributed by atoms with Crippen molar-refractivity contribution in [2.75, 3.05) is 19.6 Å². The van der Waals surface area contributed by atoms with Gasteiger partial charge >= 0.3 is 0 Å². The number of carbonyl (C=O) groups is 2. The first-order valence-electron chi connectivity index (χ1n) is 10.4. The second-order valence-corrected chi connectivity index (χ2v) is 8.92. The predicted octanol–water partition coefficient (Wildman–Crippen LogP) is 4.36. The Morgan fingerprint density at radius 1 is 1.07 bits per heavy atom. The topological polar surface area (TPSA) is 40.6 Å². The largest absolute Gasteiger partial charge is 0.339 e. The highest BCUT2D eigenvalue weighted by atomic mass is 32.1. The molecular weight excluding hydrogens is 387 g/mol. The lowest BCUT2D eigenvalue weighted by molar-refractivity contribution is -0.138. The fourth-order valence-electron chi connectivity index (χ4n) is 4.72. The molecule has 0 unspecified atom stereocenters. The van der Waals surface area contributed by atoms with E-state index in [0.717, 1.165) is 39.0 Å². The second kappa shape index (κ2) is 9.18. The van der Waals surface area contributed by atoms with E-state index in [-0.39, 0.29) is 30.3 Å².